The Labute approximate surface area is 110 Å². The lowest BCUT2D eigenvalue weighted by Gasteiger charge is -2.19. The molecule has 1 aliphatic heterocycles. The van der Waals surface area contributed by atoms with Crippen molar-refractivity contribution in [3.63, 3.8) is 0 Å². The molecule has 1 aromatic rings. The highest BCUT2D eigenvalue weighted by molar-refractivity contribution is 5.14. The highest BCUT2D eigenvalue weighted by atomic mass is 16.5. The van der Waals surface area contributed by atoms with Gasteiger partial charge in [0.1, 0.15) is 0 Å². The van der Waals surface area contributed by atoms with Crippen LogP contribution in [-0.4, -0.2) is 21.4 Å². The van der Waals surface area contributed by atoms with Crippen molar-refractivity contribution in [2.75, 3.05) is 0 Å². The Morgan fingerprint density at radius 3 is 2.78 bits per heavy atom. The van der Waals surface area contributed by atoms with Crippen LogP contribution in [0.2, 0.25) is 0 Å². The van der Waals surface area contributed by atoms with E-state index in [9.17, 15) is 5.11 Å². The zero-order valence-corrected chi connectivity index (χ0v) is 11.9. The van der Waals surface area contributed by atoms with Crippen molar-refractivity contribution < 1.29 is 9.84 Å². The molecule has 0 radical (unpaired) electrons. The van der Waals surface area contributed by atoms with Crippen molar-refractivity contribution in [2.24, 2.45) is 5.92 Å². The molecule has 3 heteroatoms. The predicted octanol–water partition coefficient (Wildman–Crippen LogP) is 3.14. The molecule has 0 bridgehead atoms. The summed E-state index contributed by atoms with van der Waals surface area (Å²) in [4.78, 5) is 0. The lowest BCUT2D eigenvalue weighted by molar-refractivity contribution is -0.0216. The van der Waals surface area contributed by atoms with Gasteiger partial charge in [-0.3, -0.25) is 0 Å². The molecule has 2 heterocycles. The third-order valence-electron chi connectivity index (χ3n) is 3.71. The van der Waals surface area contributed by atoms with Gasteiger partial charge in [-0.15, -0.1) is 0 Å². The molecule has 102 valence electrons. The minimum absolute atomic E-state index is 0.0259. The number of aliphatic hydroxyl groups is 1. The zero-order valence-electron chi connectivity index (χ0n) is 11.9. The van der Waals surface area contributed by atoms with Gasteiger partial charge >= 0.3 is 0 Å². The number of nitrogens with zero attached hydrogens (tertiary/aromatic N) is 1. The van der Waals surface area contributed by atoms with Gasteiger partial charge in [-0.1, -0.05) is 13.8 Å². The maximum Gasteiger partial charge on any atom is 0.0827 e. The number of hydrogen-bond acceptors (Lipinski definition) is 2. The molecule has 1 aromatic heterocycles. The summed E-state index contributed by atoms with van der Waals surface area (Å²) < 4.78 is 8.12. The monoisotopic (exact) mass is 251 g/mol. The number of rotatable bonds is 4. The van der Waals surface area contributed by atoms with E-state index in [1.165, 1.54) is 0 Å². The fourth-order valence-corrected chi connectivity index (χ4v) is 2.57. The first-order chi connectivity index (χ1) is 8.37. The fourth-order valence-electron chi connectivity index (χ4n) is 2.57. The van der Waals surface area contributed by atoms with E-state index in [2.05, 4.69) is 18.4 Å². The standard InChI is InChI=1S/C15H25NO2/c1-11(2)14(17)12-6-8-16(9-12)10-13-5-7-15(3,4)18-13/h6,8-9,11,13-14,17H,5,7,10H2,1-4H3. The van der Waals surface area contributed by atoms with Crippen molar-refractivity contribution >= 4 is 0 Å². The van der Waals surface area contributed by atoms with Crippen LogP contribution in [0.25, 0.3) is 0 Å². The van der Waals surface area contributed by atoms with E-state index in [0.29, 0.717) is 6.10 Å². The zero-order chi connectivity index (χ0) is 13.3. The predicted molar refractivity (Wildman–Crippen MR) is 72.4 cm³/mol. The number of aliphatic hydroxyl groups excluding tert-OH is 1. The van der Waals surface area contributed by atoms with Crippen LogP contribution in [-0.2, 0) is 11.3 Å². The van der Waals surface area contributed by atoms with Crippen molar-refractivity contribution in [1.29, 1.82) is 0 Å². The van der Waals surface area contributed by atoms with Crippen LogP contribution >= 0.6 is 0 Å². The van der Waals surface area contributed by atoms with E-state index in [1.54, 1.807) is 0 Å². The second-order valence-electron chi connectivity index (χ2n) is 6.37. The van der Waals surface area contributed by atoms with Crippen LogP contribution in [0.1, 0.15) is 52.2 Å². The molecule has 2 rings (SSSR count). The topological polar surface area (TPSA) is 34.4 Å². The molecule has 0 aromatic carbocycles. The average Bonchev–Trinajstić information content (AvgIpc) is 2.85. The lowest BCUT2D eigenvalue weighted by atomic mass is 10.0. The molecule has 3 nitrogen and oxygen atoms in total. The van der Waals surface area contributed by atoms with E-state index in [0.717, 1.165) is 24.9 Å². The largest absolute Gasteiger partial charge is 0.388 e. The first-order valence-electron chi connectivity index (χ1n) is 6.89. The molecule has 18 heavy (non-hydrogen) atoms. The van der Waals surface area contributed by atoms with Crippen LogP contribution in [0.15, 0.2) is 18.5 Å². The van der Waals surface area contributed by atoms with Crippen LogP contribution < -0.4 is 0 Å². The van der Waals surface area contributed by atoms with Crippen LogP contribution in [0, 0.1) is 5.92 Å². The molecule has 0 amide bonds. The SMILES string of the molecule is CC(C)C(O)c1ccn(CC2CCC(C)(C)O2)c1. The summed E-state index contributed by atoms with van der Waals surface area (Å²) in [6.07, 6.45) is 6.26. The highest BCUT2D eigenvalue weighted by Gasteiger charge is 2.31. The number of aromatic nitrogens is 1. The van der Waals surface area contributed by atoms with E-state index in [-0.39, 0.29) is 17.6 Å². The molecule has 0 spiro atoms. The molecule has 0 aliphatic carbocycles. The van der Waals surface area contributed by atoms with Crippen LogP contribution in [0.3, 0.4) is 0 Å². The Morgan fingerprint density at radius 2 is 2.22 bits per heavy atom. The smallest absolute Gasteiger partial charge is 0.0827 e. The molecule has 2 atom stereocenters. The van der Waals surface area contributed by atoms with Crippen LogP contribution in [0.4, 0.5) is 0 Å². The summed E-state index contributed by atoms with van der Waals surface area (Å²) in [5.74, 6) is 0.252. The van der Waals surface area contributed by atoms with Gasteiger partial charge in [-0.2, -0.15) is 0 Å². The first-order valence-corrected chi connectivity index (χ1v) is 6.89. The van der Waals surface area contributed by atoms with Crippen molar-refractivity contribution in [3.05, 3.63) is 24.0 Å². The highest BCUT2D eigenvalue weighted by Crippen LogP contribution is 2.30. The minimum atomic E-state index is -0.368. The van der Waals surface area contributed by atoms with E-state index in [4.69, 9.17) is 4.74 Å². The van der Waals surface area contributed by atoms with Gasteiger partial charge in [0.25, 0.3) is 0 Å². The molecule has 1 saturated heterocycles. The molecule has 1 N–H and O–H groups in total. The second-order valence-corrected chi connectivity index (χ2v) is 6.37. The van der Waals surface area contributed by atoms with Gasteiger partial charge in [0.05, 0.1) is 17.8 Å². The van der Waals surface area contributed by atoms with Crippen molar-refractivity contribution in [3.8, 4) is 0 Å². The normalized spacial score (nSPS) is 24.7. The van der Waals surface area contributed by atoms with Crippen molar-refractivity contribution in [1.82, 2.24) is 4.57 Å². The van der Waals surface area contributed by atoms with Gasteiger partial charge in [0.2, 0.25) is 0 Å². The molecule has 0 saturated carbocycles. The third kappa shape index (κ3) is 3.15. The number of hydrogen-bond donors (Lipinski definition) is 1. The molecule has 2 unspecified atom stereocenters. The summed E-state index contributed by atoms with van der Waals surface area (Å²) in [5, 5.41) is 10.0. The second kappa shape index (κ2) is 5.06. The summed E-state index contributed by atoms with van der Waals surface area (Å²) >= 11 is 0. The van der Waals surface area contributed by atoms with Gasteiger partial charge in [0, 0.05) is 18.9 Å². The Kier molecular flexibility index (Phi) is 3.83. The quantitative estimate of drug-likeness (QED) is 0.892. The Morgan fingerprint density at radius 1 is 1.50 bits per heavy atom. The molecular weight excluding hydrogens is 226 g/mol. The first kappa shape index (κ1) is 13.6. The van der Waals surface area contributed by atoms with Gasteiger partial charge in [0.15, 0.2) is 0 Å². The molecular formula is C15H25NO2. The van der Waals surface area contributed by atoms with Crippen LogP contribution in [0.5, 0.6) is 0 Å². The third-order valence-corrected chi connectivity index (χ3v) is 3.71. The lowest BCUT2D eigenvalue weighted by Crippen LogP contribution is -2.22. The summed E-state index contributed by atoms with van der Waals surface area (Å²) in [6.45, 7) is 9.25. The maximum atomic E-state index is 10.0. The molecule has 1 aliphatic rings. The van der Waals surface area contributed by atoms with Gasteiger partial charge in [-0.25, -0.2) is 0 Å². The average molecular weight is 251 g/mol. The molecule has 1 fully saturated rings. The van der Waals surface area contributed by atoms with Gasteiger partial charge in [-0.05, 0) is 44.2 Å². The summed E-state index contributed by atoms with van der Waals surface area (Å²) in [5.41, 5.74) is 1.03. The van der Waals surface area contributed by atoms with Gasteiger partial charge < -0.3 is 14.4 Å². The van der Waals surface area contributed by atoms with E-state index >= 15 is 0 Å². The van der Waals surface area contributed by atoms with E-state index in [1.807, 2.05) is 32.3 Å². The maximum absolute atomic E-state index is 10.0. The van der Waals surface area contributed by atoms with Crippen molar-refractivity contribution in [2.45, 2.75) is 64.9 Å². The Balaban J connectivity index is 1.95. The Hall–Kier alpha value is -0.800. The number of ether oxygens (including phenoxy) is 1. The fraction of sp³-hybridized carbons (Fsp3) is 0.733. The summed E-state index contributed by atoms with van der Waals surface area (Å²) in [6, 6.07) is 2.00. The van der Waals surface area contributed by atoms with E-state index < -0.39 is 0 Å². The summed E-state index contributed by atoms with van der Waals surface area (Å²) in [7, 11) is 0. The minimum Gasteiger partial charge on any atom is -0.388 e. The Bertz CT molecular complexity index is 395.